The lowest BCUT2D eigenvalue weighted by Gasteiger charge is -2.26. The molecule has 12 heteroatoms. The molecule has 0 spiro atoms. The summed E-state index contributed by atoms with van der Waals surface area (Å²) in [4.78, 5) is 75.1. The van der Waals surface area contributed by atoms with Gasteiger partial charge in [0.2, 0.25) is 29.5 Å². The standard InChI is InChI=1S/C31H35N5O7/c1-19(2)29(30(41)34-20(3)31(42)43)35-27(39)17-33-26(38)16-32-25(37)14-15-28(40)36-18-23-10-5-4-8-21(23)12-13-22-9-6-7-11-24(22)36/h4-11,19-20,29H,14-18H2,1-3H3,(H,32,37)(H,33,38)(H,34,41)(H,35,39)(H,42,43)/t20-,29-/m0/s1. The average molecular weight is 590 g/mol. The van der Waals surface area contributed by atoms with Gasteiger partial charge in [0.05, 0.1) is 25.3 Å². The predicted octanol–water partition coefficient (Wildman–Crippen LogP) is 0.676. The maximum atomic E-state index is 13.2. The highest BCUT2D eigenvalue weighted by atomic mass is 16.4. The Kier molecular flexibility index (Phi) is 11.4. The van der Waals surface area contributed by atoms with E-state index in [9.17, 15) is 28.8 Å². The first-order chi connectivity index (χ1) is 20.5. The second-order valence-electron chi connectivity index (χ2n) is 10.3. The Hall–Kier alpha value is -5.18. The van der Waals surface area contributed by atoms with Crippen LogP contribution in [0.15, 0.2) is 48.5 Å². The van der Waals surface area contributed by atoms with E-state index in [0.717, 1.165) is 11.1 Å². The molecule has 0 aliphatic carbocycles. The molecule has 0 fully saturated rings. The summed E-state index contributed by atoms with van der Waals surface area (Å²) in [6.07, 6.45) is -0.253. The van der Waals surface area contributed by atoms with Crippen LogP contribution in [0.25, 0.3) is 0 Å². The maximum Gasteiger partial charge on any atom is 0.325 e. The number of carboxylic acid groups (broad SMARTS) is 1. The third-order valence-electron chi connectivity index (χ3n) is 6.63. The van der Waals surface area contributed by atoms with Crippen molar-refractivity contribution in [2.75, 3.05) is 18.0 Å². The van der Waals surface area contributed by atoms with E-state index in [0.29, 0.717) is 17.8 Å². The van der Waals surface area contributed by atoms with E-state index >= 15 is 0 Å². The van der Waals surface area contributed by atoms with Crippen LogP contribution in [-0.2, 0) is 35.3 Å². The van der Waals surface area contributed by atoms with E-state index in [1.807, 2.05) is 48.5 Å². The summed E-state index contributed by atoms with van der Waals surface area (Å²) in [5.74, 6) is 1.94. The van der Waals surface area contributed by atoms with Crippen LogP contribution in [0.1, 0.15) is 50.3 Å². The predicted molar refractivity (Wildman–Crippen MR) is 157 cm³/mol. The molecule has 0 aromatic heterocycles. The number of carbonyl (C=O) groups is 6. The molecular formula is C31H35N5O7. The highest BCUT2D eigenvalue weighted by Gasteiger charge is 2.27. The van der Waals surface area contributed by atoms with Gasteiger partial charge < -0.3 is 31.3 Å². The van der Waals surface area contributed by atoms with Crippen molar-refractivity contribution in [1.29, 1.82) is 0 Å². The Labute approximate surface area is 249 Å². The molecule has 0 bridgehead atoms. The van der Waals surface area contributed by atoms with Crippen LogP contribution in [0, 0.1) is 17.8 Å². The van der Waals surface area contributed by atoms with Gasteiger partial charge in [-0.2, -0.15) is 0 Å². The van der Waals surface area contributed by atoms with Gasteiger partial charge in [0.25, 0.3) is 0 Å². The Bertz CT molecular complexity index is 1460. The van der Waals surface area contributed by atoms with Gasteiger partial charge in [-0.3, -0.25) is 28.8 Å². The van der Waals surface area contributed by atoms with E-state index in [-0.39, 0.29) is 24.7 Å². The molecule has 0 radical (unpaired) electrons. The minimum Gasteiger partial charge on any atom is -0.480 e. The van der Waals surface area contributed by atoms with E-state index < -0.39 is 54.8 Å². The fourth-order valence-corrected chi connectivity index (χ4v) is 4.20. The lowest BCUT2D eigenvalue weighted by molar-refractivity contribution is -0.142. The van der Waals surface area contributed by atoms with Crippen LogP contribution < -0.4 is 26.2 Å². The molecule has 2 aromatic carbocycles. The molecule has 0 saturated carbocycles. The van der Waals surface area contributed by atoms with Crippen molar-refractivity contribution >= 4 is 41.2 Å². The molecule has 226 valence electrons. The molecule has 2 atom stereocenters. The topological polar surface area (TPSA) is 174 Å². The smallest absolute Gasteiger partial charge is 0.325 e. The lowest BCUT2D eigenvalue weighted by Crippen LogP contribution is -2.54. The van der Waals surface area contributed by atoms with Gasteiger partial charge in [-0.25, -0.2) is 0 Å². The van der Waals surface area contributed by atoms with Crippen molar-refractivity contribution < 1.29 is 33.9 Å². The van der Waals surface area contributed by atoms with Gasteiger partial charge in [0, 0.05) is 24.0 Å². The molecule has 1 heterocycles. The van der Waals surface area contributed by atoms with E-state index in [1.165, 1.54) is 6.92 Å². The van der Waals surface area contributed by atoms with Crippen molar-refractivity contribution in [2.24, 2.45) is 5.92 Å². The van der Waals surface area contributed by atoms with Gasteiger partial charge in [-0.05, 0) is 36.6 Å². The zero-order valence-corrected chi connectivity index (χ0v) is 24.2. The number of para-hydroxylation sites is 1. The number of aliphatic carboxylic acids is 1. The van der Waals surface area contributed by atoms with Crippen LogP contribution in [0.4, 0.5) is 5.69 Å². The van der Waals surface area contributed by atoms with Gasteiger partial charge in [-0.15, -0.1) is 0 Å². The van der Waals surface area contributed by atoms with Crippen molar-refractivity contribution in [3.05, 3.63) is 65.2 Å². The van der Waals surface area contributed by atoms with Crippen LogP contribution in [-0.4, -0.2) is 65.8 Å². The quantitative estimate of drug-likeness (QED) is 0.226. The van der Waals surface area contributed by atoms with Crippen molar-refractivity contribution in [2.45, 2.75) is 52.2 Å². The number of rotatable bonds is 12. The molecule has 3 rings (SSSR count). The Morgan fingerprint density at radius 3 is 2.09 bits per heavy atom. The zero-order chi connectivity index (χ0) is 31.5. The molecule has 12 nitrogen and oxygen atoms in total. The number of carboxylic acids is 1. The summed E-state index contributed by atoms with van der Waals surface area (Å²) in [6.45, 7) is 4.07. The zero-order valence-electron chi connectivity index (χ0n) is 24.2. The third kappa shape index (κ3) is 9.43. The van der Waals surface area contributed by atoms with Crippen molar-refractivity contribution in [3.8, 4) is 11.8 Å². The monoisotopic (exact) mass is 589 g/mol. The number of hydrogen-bond acceptors (Lipinski definition) is 6. The van der Waals surface area contributed by atoms with E-state index in [2.05, 4.69) is 33.1 Å². The minimum atomic E-state index is -1.22. The molecule has 0 saturated heterocycles. The van der Waals surface area contributed by atoms with E-state index in [1.54, 1.807) is 18.7 Å². The van der Waals surface area contributed by atoms with Gasteiger partial charge in [-0.1, -0.05) is 56.0 Å². The second-order valence-corrected chi connectivity index (χ2v) is 10.3. The summed E-state index contributed by atoms with van der Waals surface area (Å²) in [6, 6.07) is 12.7. The van der Waals surface area contributed by atoms with E-state index in [4.69, 9.17) is 5.11 Å². The number of anilines is 1. The number of fused-ring (bicyclic) bond motifs is 2. The van der Waals surface area contributed by atoms with Crippen LogP contribution >= 0.6 is 0 Å². The van der Waals surface area contributed by atoms with Gasteiger partial charge in [0.1, 0.15) is 12.1 Å². The molecule has 1 aliphatic rings. The average Bonchev–Trinajstić information content (AvgIpc) is 2.97. The Morgan fingerprint density at radius 1 is 0.791 bits per heavy atom. The second kappa shape index (κ2) is 15.2. The molecule has 5 N–H and O–H groups in total. The molecule has 43 heavy (non-hydrogen) atoms. The summed E-state index contributed by atoms with van der Waals surface area (Å²) < 4.78 is 0. The number of carbonyl (C=O) groups excluding carboxylic acids is 5. The minimum absolute atomic E-state index is 0.0983. The normalized spacial score (nSPS) is 13.0. The van der Waals surface area contributed by atoms with Crippen molar-refractivity contribution in [1.82, 2.24) is 21.3 Å². The molecule has 0 unspecified atom stereocenters. The van der Waals surface area contributed by atoms with Gasteiger partial charge >= 0.3 is 5.97 Å². The third-order valence-corrected chi connectivity index (χ3v) is 6.63. The summed E-state index contributed by atoms with van der Waals surface area (Å²) >= 11 is 0. The fourth-order valence-electron chi connectivity index (χ4n) is 4.20. The van der Waals surface area contributed by atoms with Crippen LogP contribution in [0.5, 0.6) is 0 Å². The molecule has 5 amide bonds. The molecule has 1 aliphatic heterocycles. The highest BCUT2D eigenvalue weighted by molar-refractivity contribution is 5.97. The number of hydrogen-bond donors (Lipinski definition) is 5. The highest BCUT2D eigenvalue weighted by Crippen LogP contribution is 2.26. The summed E-state index contributed by atoms with van der Waals surface area (Å²) in [5.41, 5.74) is 3.06. The summed E-state index contributed by atoms with van der Waals surface area (Å²) in [7, 11) is 0. The largest absolute Gasteiger partial charge is 0.480 e. The van der Waals surface area contributed by atoms with Crippen LogP contribution in [0.3, 0.4) is 0 Å². The first-order valence-electron chi connectivity index (χ1n) is 13.8. The first-order valence-corrected chi connectivity index (χ1v) is 13.8. The number of benzene rings is 2. The molecular weight excluding hydrogens is 554 g/mol. The number of nitrogens with one attached hydrogen (secondary N) is 4. The Morgan fingerprint density at radius 2 is 1.40 bits per heavy atom. The molecule has 2 aromatic rings. The summed E-state index contributed by atoms with van der Waals surface area (Å²) in [5, 5.41) is 18.5. The fraction of sp³-hybridized carbons (Fsp3) is 0.355. The SMILES string of the molecule is CC(C)[C@H](NC(=O)CNC(=O)CNC(=O)CCC(=O)N1Cc2ccccc2C#Cc2ccccc21)C(=O)N[C@@H](C)C(=O)O. The van der Waals surface area contributed by atoms with Crippen LogP contribution in [0.2, 0.25) is 0 Å². The van der Waals surface area contributed by atoms with Gasteiger partial charge in [0.15, 0.2) is 0 Å². The number of amides is 5. The lowest BCUT2D eigenvalue weighted by atomic mass is 10.0. The Balaban J connectivity index is 1.47. The maximum absolute atomic E-state index is 13.2. The first kappa shape index (κ1) is 32.3. The van der Waals surface area contributed by atoms with Crippen molar-refractivity contribution in [3.63, 3.8) is 0 Å². The number of nitrogens with zero attached hydrogens (tertiary/aromatic N) is 1.